The Morgan fingerprint density at radius 1 is 1.56 bits per heavy atom. The van der Waals surface area contributed by atoms with Crippen LogP contribution in [0.4, 0.5) is 0 Å². The average molecular weight is 239 g/mol. The molecule has 2 unspecified atom stereocenters. The van der Waals surface area contributed by atoms with Crippen molar-refractivity contribution in [3.63, 3.8) is 0 Å². The van der Waals surface area contributed by atoms with Crippen molar-refractivity contribution < 1.29 is 5.11 Å². The molecule has 1 heterocycles. The number of nitrogens with one attached hydrogen (secondary N) is 1. The Morgan fingerprint density at radius 2 is 2.38 bits per heavy atom. The van der Waals surface area contributed by atoms with Crippen molar-refractivity contribution in [1.82, 2.24) is 5.32 Å². The van der Waals surface area contributed by atoms with Gasteiger partial charge in [-0.05, 0) is 36.6 Å². The molecule has 90 valence electrons. The molecule has 1 aromatic rings. The third-order valence-electron chi connectivity index (χ3n) is 3.24. The molecule has 3 heteroatoms. The van der Waals surface area contributed by atoms with Crippen LogP contribution < -0.4 is 5.32 Å². The molecule has 2 rings (SSSR count). The highest BCUT2D eigenvalue weighted by molar-refractivity contribution is 7.10. The molecule has 1 aromatic heterocycles. The smallest absolute Gasteiger partial charge is 0.101 e. The fraction of sp³-hybridized carbons (Fsp3) is 0.692. The normalized spacial score (nSPS) is 19.6. The molecule has 1 aliphatic carbocycles. The number of rotatable bonds is 7. The maximum absolute atomic E-state index is 9.98. The van der Waals surface area contributed by atoms with E-state index >= 15 is 0 Å². The maximum atomic E-state index is 9.98. The van der Waals surface area contributed by atoms with Crippen LogP contribution in [0.3, 0.4) is 0 Å². The van der Waals surface area contributed by atoms with E-state index in [1.54, 1.807) is 11.3 Å². The van der Waals surface area contributed by atoms with E-state index < -0.39 is 0 Å². The number of hydrogen-bond acceptors (Lipinski definition) is 3. The predicted octanol–water partition coefficient (Wildman–Crippen LogP) is 2.95. The zero-order valence-electron chi connectivity index (χ0n) is 9.86. The summed E-state index contributed by atoms with van der Waals surface area (Å²) in [6, 6.07) is 4.62. The van der Waals surface area contributed by atoms with Gasteiger partial charge in [0, 0.05) is 17.5 Å². The Hall–Kier alpha value is -0.380. The summed E-state index contributed by atoms with van der Waals surface area (Å²) >= 11 is 1.63. The standard InChI is InChI=1S/C13H21NOS/c1-2-4-11(10-6-7-10)14-9-12(15)13-5-3-8-16-13/h3,5,8,10-12,14-15H,2,4,6-7,9H2,1H3. The van der Waals surface area contributed by atoms with Crippen molar-refractivity contribution in [2.24, 2.45) is 5.92 Å². The topological polar surface area (TPSA) is 32.3 Å². The lowest BCUT2D eigenvalue weighted by Crippen LogP contribution is -2.34. The first-order valence-electron chi connectivity index (χ1n) is 6.26. The summed E-state index contributed by atoms with van der Waals surface area (Å²) in [5.74, 6) is 0.871. The predicted molar refractivity (Wildman–Crippen MR) is 68.7 cm³/mol. The minimum absolute atomic E-state index is 0.335. The van der Waals surface area contributed by atoms with Gasteiger partial charge in [0.05, 0.1) is 0 Å². The molecular weight excluding hydrogens is 218 g/mol. The van der Waals surface area contributed by atoms with E-state index in [9.17, 15) is 5.11 Å². The largest absolute Gasteiger partial charge is 0.386 e. The van der Waals surface area contributed by atoms with E-state index in [4.69, 9.17) is 0 Å². The van der Waals surface area contributed by atoms with Crippen LogP contribution in [0.15, 0.2) is 17.5 Å². The highest BCUT2D eigenvalue weighted by Gasteiger charge is 2.30. The molecule has 2 N–H and O–H groups in total. The SMILES string of the molecule is CCCC(NCC(O)c1cccs1)C1CC1. The van der Waals surface area contributed by atoms with Crippen LogP contribution in [0.25, 0.3) is 0 Å². The first-order chi connectivity index (χ1) is 7.81. The van der Waals surface area contributed by atoms with Crippen molar-refractivity contribution in [1.29, 1.82) is 0 Å². The second-order valence-electron chi connectivity index (χ2n) is 4.67. The summed E-state index contributed by atoms with van der Waals surface area (Å²) in [7, 11) is 0. The third kappa shape index (κ3) is 3.30. The minimum Gasteiger partial charge on any atom is -0.386 e. The summed E-state index contributed by atoms with van der Waals surface area (Å²) in [5.41, 5.74) is 0. The quantitative estimate of drug-likeness (QED) is 0.767. The van der Waals surface area contributed by atoms with Crippen molar-refractivity contribution >= 4 is 11.3 Å². The molecule has 1 aliphatic rings. The van der Waals surface area contributed by atoms with Crippen LogP contribution in [-0.2, 0) is 0 Å². The van der Waals surface area contributed by atoms with Crippen molar-refractivity contribution in [3.05, 3.63) is 22.4 Å². The van der Waals surface area contributed by atoms with Gasteiger partial charge in [-0.2, -0.15) is 0 Å². The molecule has 1 fully saturated rings. The lowest BCUT2D eigenvalue weighted by atomic mass is 10.1. The first-order valence-corrected chi connectivity index (χ1v) is 7.14. The maximum Gasteiger partial charge on any atom is 0.101 e. The zero-order valence-corrected chi connectivity index (χ0v) is 10.7. The van der Waals surface area contributed by atoms with Crippen LogP contribution in [-0.4, -0.2) is 17.7 Å². The van der Waals surface area contributed by atoms with Crippen LogP contribution in [0, 0.1) is 5.92 Å². The fourth-order valence-electron chi connectivity index (χ4n) is 2.16. The van der Waals surface area contributed by atoms with Crippen molar-refractivity contribution in [2.75, 3.05) is 6.54 Å². The minimum atomic E-state index is -0.335. The average Bonchev–Trinajstić information content (AvgIpc) is 2.98. The molecule has 2 atom stereocenters. The molecule has 0 radical (unpaired) electrons. The fourth-order valence-corrected chi connectivity index (χ4v) is 2.87. The molecule has 0 saturated heterocycles. The first kappa shape index (κ1) is 12.1. The molecule has 0 amide bonds. The van der Waals surface area contributed by atoms with Crippen LogP contribution in [0.1, 0.15) is 43.6 Å². The van der Waals surface area contributed by atoms with Crippen molar-refractivity contribution in [3.8, 4) is 0 Å². The second kappa shape index (κ2) is 5.80. The molecule has 0 spiro atoms. The van der Waals surface area contributed by atoms with Gasteiger partial charge in [0.25, 0.3) is 0 Å². The lowest BCUT2D eigenvalue weighted by Gasteiger charge is -2.19. The number of thiophene rings is 1. The van der Waals surface area contributed by atoms with E-state index in [1.807, 2.05) is 17.5 Å². The highest BCUT2D eigenvalue weighted by Crippen LogP contribution is 2.34. The van der Waals surface area contributed by atoms with E-state index in [0.717, 1.165) is 10.8 Å². The zero-order chi connectivity index (χ0) is 11.4. The summed E-state index contributed by atoms with van der Waals surface area (Å²) in [6.07, 6.45) is 4.86. The van der Waals surface area contributed by atoms with Gasteiger partial charge in [-0.25, -0.2) is 0 Å². The molecule has 0 aromatic carbocycles. The Labute approximate surface area is 102 Å². The summed E-state index contributed by atoms with van der Waals surface area (Å²) in [6.45, 7) is 2.93. The Kier molecular flexibility index (Phi) is 4.38. The van der Waals surface area contributed by atoms with Gasteiger partial charge >= 0.3 is 0 Å². The van der Waals surface area contributed by atoms with Crippen molar-refractivity contribution in [2.45, 2.75) is 44.8 Å². The number of hydrogen-bond donors (Lipinski definition) is 2. The Balaban J connectivity index is 1.76. The lowest BCUT2D eigenvalue weighted by molar-refractivity contribution is 0.170. The molecule has 1 saturated carbocycles. The summed E-state index contributed by atoms with van der Waals surface area (Å²) < 4.78 is 0. The highest BCUT2D eigenvalue weighted by atomic mass is 32.1. The molecule has 0 aliphatic heterocycles. The Morgan fingerprint density at radius 3 is 2.94 bits per heavy atom. The molecule has 16 heavy (non-hydrogen) atoms. The van der Waals surface area contributed by atoms with Crippen LogP contribution in [0.5, 0.6) is 0 Å². The van der Waals surface area contributed by atoms with Gasteiger partial charge in [-0.3, -0.25) is 0 Å². The van der Waals surface area contributed by atoms with E-state index in [-0.39, 0.29) is 6.10 Å². The summed E-state index contributed by atoms with van der Waals surface area (Å²) in [4.78, 5) is 1.07. The molecular formula is C13H21NOS. The van der Waals surface area contributed by atoms with E-state index in [0.29, 0.717) is 12.6 Å². The monoisotopic (exact) mass is 239 g/mol. The number of aliphatic hydroxyl groups excluding tert-OH is 1. The second-order valence-corrected chi connectivity index (χ2v) is 5.65. The van der Waals surface area contributed by atoms with Gasteiger partial charge in [0.1, 0.15) is 6.10 Å². The van der Waals surface area contributed by atoms with Crippen LogP contribution >= 0.6 is 11.3 Å². The van der Waals surface area contributed by atoms with E-state index in [1.165, 1.54) is 25.7 Å². The van der Waals surface area contributed by atoms with Gasteiger partial charge in [0.15, 0.2) is 0 Å². The van der Waals surface area contributed by atoms with Gasteiger partial charge in [-0.15, -0.1) is 11.3 Å². The van der Waals surface area contributed by atoms with Gasteiger partial charge < -0.3 is 10.4 Å². The van der Waals surface area contributed by atoms with Gasteiger partial charge in [0.2, 0.25) is 0 Å². The summed E-state index contributed by atoms with van der Waals surface area (Å²) in [5, 5.41) is 15.5. The molecule has 2 nitrogen and oxygen atoms in total. The Bertz CT molecular complexity index is 295. The van der Waals surface area contributed by atoms with E-state index in [2.05, 4.69) is 12.2 Å². The van der Waals surface area contributed by atoms with Gasteiger partial charge in [-0.1, -0.05) is 19.4 Å². The number of aliphatic hydroxyl groups is 1. The third-order valence-corrected chi connectivity index (χ3v) is 4.21. The molecule has 0 bridgehead atoms. The van der Waals surface area contributed by atoms with Crippen LogP contribution in [0.2, 0.25) is 0 Å².